The molecule has 0 saturated carbocycles. The molecule has 0 aromatic heterocycles. The summed E-state index contributed by atoms with van der Waals surface area (Å²) in [5, 5.41) is 0. The van der Waals surface area contributed by atoms with Crippen molar-refractivity contribution in [2.45, 2.75) is 32.7 Å². The molecule has 1 aliphatic rings. The molecule has 0 spiro atoms. The number of nitrogens with two attached hydrogens (primary N) is 1. The minimum atomic E-state index is 0.479. The number of nitrogens with zero attached hydrogens (tertiary/aromatic N) is 2. The van der Waals surface area contributed by atoms with Gasteiger partial charge in [0.25, 0.3) is 0 Å². The molecule has 0 bridgehead atoms. The highest BCUT2D eigenvalue weighted by Gasteiger charge is 2.25. The Morgan fingerprint density at radius 3 is 2.72 bits per heavy atom. The summed E-state index contributed by atoms with van der Waals surface area (Å²) in [6.45, 7) is 6.31. The normalized spacial score (nSPS) is 19.4. The molecule has 2 N–H and O–H groups in total. The summed E-state index contributed by atoms with van der Waals surface area (Å²) in [4.78, 5) is 6.66. The van der Waals surface area contributed by atoms with Gasteiger partial charge in [-0.15, -0.1) is 0 Å². The first kappa shape index (κ1) is 12.9. The fourth-order valence-electron chi connectivity index (χ4n) is 2.44. The van der Waals surface area contributed by atoms with E-state index in [1.165, 1.54) is 5.56 Å². The molecule has 1 aromatic rings. The molecule has 1 aliphatic heterocycles. The summed E-state index contributed by atoms with van der Waals surface area (Å²) in [5.41, 5.74) is 7.36. The molecular formula is C15H23N3. The van der Waals surface area contributed by atoms with Gasteiger partial charge in [0.1, 0.15) is 0 Å². The van der Waals surface area contributed by atoms with Gasteiger partial charge in [-0.3, -0.25) is 4.99 Å². The second-order valence-corrected chi connectivity index (χ2v) is 5.42. The quantitative estimate of drug-likeness (QED) is 0.864. The van der Waals surface area contributed by atoms with Gasteiger partial charge in [0.05, 0.1) is 12.6 Å². The maximum Gasteiger partial charge on any atom is 0.191 e. The van der Waals surface area contributed by atoms with Crippen molar-refractivity contribution in [1.82, 2.24) is 4.90 Å². The van der Waals surface area contributed by atoms with Crippen LogP contribution in [0.5, 0.6) is 0 Å². The highest BCUT2D eigenvalue weighted by atomic mass is 15.3. The minimum Gasteiger partial charge on any atom is -0.370 e. The lowest BCUT2D eigenvalue weighted by Gasteiger charge is -2.28. The van der Waals surface area contributed by atoms with Crippen LogP contribution in [0.15, 0.2) is 35.3 Å². The SMILES string of the molecule is CC(C)CN1C(N)=NCC1CCc1ccccc1. The van der Waals surface area contributed by atoms with Crippen LogP contribution in [0.1, 0.15) is 25.8 Å². The van der Waals surface area contributed by atoms with Gasteiger partial charge in [-0.05, 0) is 24.3 Å². The van der Waals surface area contributed by atoms with E-state index in [1.807, 2.05) is 0 Å². The summed E-state index contributed by atoms with van der Waals surface area (Å²) >= 11 is 0. The smallest absolute Gasteiger partial charge is 0.191 e. The Morgan fingerprint density at radius 2 is 2.06 bits per heavy atom. The molecule has 1 unspecified atom stereocenters. The average Bonchev–Trinajstić information content (AvgIpc) is 2.69. The van der Waals surface area contributed by atoms with Gasteiger partial charge < -0.3 is 10.6 Å². The van der Waals surface area contributed by atoms with E-state index >= 15 is 0 Å². The first-order valence-electron chi connectivity index (χ1n) is 6.77. The van der Waals surface area contributed by atoms with Crippen LogP contribution in [0.4, 0.5) is 0 Å². The fourth-order valence-corrected chi connectivity index (χ4v) is 2.44. The third-order valence-corrected chi connectivity index (χ3v) is 3.37. The molecule has 3 nitrogen and oxygen atoms in total. The van der Waals surface area contributed by atoms with Crippen molar-refractivity contribution in [2.75, 3.05) is 13.1 Å². The first-order chi connectivity index (χ1) is 8.66. The standard InChI is InChI=1S/C15H23N3/c1-12(2)11-18-14(10-17-15(18)16)9-8-13-6-4-3-5-7-13/h3-7,12,14H,8-11H2,1-2H3,(H2,16,17). The molecule has 98 valence electrons. The van der Waals surface area contributed by atoms with Crippen LogP contribution in [0.2, 0.25) is 0 Å². The topological polar surface area (TPSA) is 41.6 Å². The second kappa shape index (κ2) is 5.89. The monoisotopic (exact) mass is 245 g/mol. The van der Waals surface area contributed by atoms with Gasteiger partial charge >= 0.3 is 0 Å². The molecule has 3 heteroatoms. The number of rotatable bonds is 5. The Hall–Kier alpha value is -1.51. The predicted octanol–water partition coefficient (Wildman–Crippen LogP) is 2.27. The third-order valence-electron chi connectivity index (χ3n) is 3.37. The van der Waals surface area contributed by atoms with Gasteiger partial charge in [-0.2, -0.15) is 0 Å². The number of aliphatic imine (C=N–C) groups is 1. The predicted molar refractivity (Wildman–Crippen MR) is 76.6 cm³/mol. The van der Waals surface area contributed by atoms with Gasteiger partial charge in [-0.1, -0.05) is 44.2 Å². The van der Waals surface area contributed by atoms with E-state index < -0.39 is 0 Å². The molecule has 0 aliphatic carbocycles. The molecule has 18 heavy (non-hydrogen) atoms. The zero-order valence-corrected chi connectivity index (χ0v) is 11.3. The van der Waals surface area contributed by atoms with Crippen molar-refractivity contribution in [1.29, 1.82) is 0 Å². The molecule has 0 radical (unpaired) electrons. The summed E-state index contributed by atoms with van der Waals surface area (Å²) in [7, 11) is 0. The highest BCUT2D eigenvalue weighted by Crippen LogP contribution is 2.16. The molecule has 2 rings (SSSR count). The second-order valence-electron chi connectivity index (χ2n) is 5.42. The van der Waals surface area contributed by atoms with Gasteiger partial charge in [0, 0.05) is 6.54 Å². The lowest BCUT2D eigenvalue weighted by Crippen LogP contribution is -2.43. The van der Waals surface area contributed by atoms with Crippen LogP contribution < -0.4 is 5.73 Å². The van der Waals surface area contributed by atoms with E-state index in [4.69, 9.17) is 5.73 Å². The number of guanidine groups is 1. The Balaban J connectivity index is 1.89. The van der Waals surface area contributed by atoms with Crippen molar-refractivity contribution >= 4 is 5.96 Å². The van der Waals surface area contributed by atoms with Gasteiger partial charge in [0.15, 0.2) is 5.96 Å². The summed E-state index contributed by atoms with van der Waals surface area (Å²) < 4.78 is 0. The van der Waals surface area contributed by atoms with E-state index in [1.54, 1.807) is 0 Å². The van der Waals surface area contributed by atoms with Gasteiger partial charge in [0.2, 0.25) is 0 Å². The Labute approximate surface area is 110 Å². The number of aryl methyl sites for hydroxylation is 1. The van der Waals surface area contributed by atoms with Crippen LogP contribution in [0.25, 0.3) is 0 Å². The molecule has 0 fully saturated rings. The zero-order valence-electron chi connectivity index (χ0n) is 11.3. The number of hydrogen-bond acceptors (Lipinski definition) is 3. The van der Waals surface area contributed by atoms with Crippen LogP contribution in [0.3, 0.4) is 0 Å². The van der Waals surface area contributed by atoms with Crippen LogP contribution in [0, 0.1) is 5.92 Å². The molecule has 0 saturated heterocycles. The summed E-state index contributed by atoms with van der Waals surface area (Å²) in [6, 6.07) is 11.1. The molecule has 1 heterocycles. The maximum absolute atomic E-state index is 5.96. The fraction of sp³-hybridized carbons (Fsp3) is 0.533. The molecule has 1 aromatic carbocycles. The van der Waals surface area contributed by atoms with E-state index in [9.17, 15) is 0 Å². The first-order valence-corrected chi connectivity index (χ1v) is 6.77. The van der Waals surface area contributed by atoms with Crippen LogP contribution >= 0.6 is 0 Å². The lowest BCUT2D eigenvalue weighted by atomic mass is 10.0. The van der Waals surface area contributed by atoms with E-state index in [-0.39, 0.29) is 0 Å². The largest absolute Gasteiger partial charge is 0.370 e. The van der Waals surface area contributed by atoms with Crippen LogP contribution in [-0.2, 0) is 6.42 Å². The van der Waals surface area contributed by atoms with Crippen molar-refractivity contribution in [3.63, 3.8) is 0 Å². The molecule has 1 atom stereocenters. The average molecular weight is 245 g/mol. The van der Waals surface area contributed by atoms with Crippen molar-refractivity contribution in [3.05, 3.63) is 35.9 Å². The maximum atomic E-state index is 5.96. The Morgan fingerprint density at radius 1 is 1.33 bits per heavy atom. The molecular weight excluding hydrogens is 222 g/mol. The lowest BCUT2D eigenvalue weighted by molar-refractivity contribution is 0.292. The van der Waals surface area contributed by atoms with Gasteiger partial charge in [-0.25, -0.2) is 0 Å². The Bertz CT molecular complexity index is 397. The third kappa shape index (κ3) is 3.25. The van der Waals surface area contributed by atoms with E-state index in [0.29, 0.717) is 12.0 Å². The minimum absolute atomic E-state index is 0.479. The molecule has 0 amide bonds. The number of benzene rings is 1. The van der Waals surface area contributed by atoms with E-state index in [2.05, 4.69) is 54.1 Å². The Kier molecular flexibility index (Phi) is 4.24. The highest BCUT2D eigenvalue weighted by molar-refractivity contribution is 5.80. The van der Waals surface area contributed by atoms with Crippen molar-refractivity contribution in [3.8, 4) is 0 Å². The van der Waals surface area contributed by atoms with Crippen LogP contribution in [-0.4, -0.2) is 30.0 Å². The van der Waals surface area contributed by atoms with Crippen molar-refractivity contribution in [2.24, 2.45) is 16.6 Å². The zero-order chi connectivity index (χ0) is 13.0. The van der Waals surface area contributed by atoms with E-state index in [0.717, 1.165) is 31.9 Å². The van der Waals surface area contributed by atoms with Crippen molar-refractivity contribution < 1.29 is 0 Å². The summed E-state index contributed by atoms with van der Waals surface area (Å²) in [5.74, 6) is 1.35. The number of hydrogen-bond donors (Lipinski definition) is 1. The summed E-state index contributed by atoms with van der Waals surface area (Å²) in [6.07, 6.45) is 2.23.